The van der Waals surface area contributed by atoms with Crippen LogP contribution in [0.15, 0.2) is 21.6 Å². The summed E-state index contributed by atoms with van der Waals surface area (Å²) in [5, 5.41) is 3.05. The lowest BCUT2D eigenvalue weighted by molar-refractivity contribution is 0.0762. The van der Waals surface area contributed by atoms with Crippen molar-refractivity contribution in [2.24, 2.45) is 0 Å². The van der Waals surface area contributed by atoms with Crippen LogP contribution in [0, 0.1) is 0 Å². The molecule has 6 nitrogen and oxygen atoms in total. The van der Waals surface area contributed by atoms with E-state index in [1.807, 2.05) is 20.8 Å². The van der Waals surface area contributed by atoms with Crippen LogP contribution in [-0.2, 0) is 21.3 Å². The molecular weight excluding hydrogens is 292 g/mol. The van der Waals surface area contributed by atoms with Gasteiger partial charge in [0.05, 0.1) is 12.6 Å². The molecule has 0 atom stereocenters. The zero-order chi connectivity index (χ0) is 15.7. The third-order valence-electron chi connectivity index (χ3n) is 2.77. The molecule has 0 aliphatic heterocycles. The average molecular weight is 318 g/mol. The highest BCUT2D eigenvalue weighted by Gasteiger charge is 2.17. The Morgan fingerprint density at radius 1 is 1.29 bits per heavy atom. The van der Waals surface area contributed by atoms with Gasteiger partial charge in [-0.15, -0.1) is 0 Å². The molecule has 0 spiro atoms. The Labute approximate surface area is 127 Å². The Morgan fingerprint density at radius 3 is 2.71 bits per heavy atom. The Hall–Kier alpha value is -0.890. The van der Waals surface area contributed by atoms with Crippen molar-refractivity contribution in [3.63, 3.8) is 0 Å². The second-order valence-corrected chi connectivity index (χ2v) is 6.72. The van der Waals surface area contributed by atoms with Crippen molar-refractivity contribution in [3.05, 3.63) is 17.9 Å². The predicted octanol–water partition coefficient (Wildman–Crippen LogP) is 1.87. The van der Waals surface area contributed by atoms with Gasteiger partial charge in [0, 0.05) is 13.2 Å². The van der Waals surface area contributed by atoms with Gasteiger partial charge in [-0.05, 0) is 45.4 Å². The van der Waals surface area contributed by atoms with Crippen LogP contribution in [0.5, 0.6) is 0 Å². The van der Waals surface area contributed by atoms with E-state index in [-0.39, 0.29) is 11.2 Å². The first-order valence-corrected chi connectivity index (χ1v) is 8.84. The maximum atomic E-state index is 12.0. The van der Waals surface area contributed by atoms with Gasteiger partial charge < -0.3 is 14.5 Å². The Balaban J connectivity index is 2.34. The standard InChI is InChI=1S/C14H26N2O4S/c1-4-15-11-13-7-8-14(20-13)21(17,18)16-9-5-6-10-19-12(2)3/h7-8,12,15-16H,4-6,9-11H2,1-3H3. The molecule has 0 amide bonds. The fraction of sp³-hybridized carbons (Fsp3) is 0.714. The molecule has 0 unspecified atom stereocenters. The van der Waals surface area contributed by atoms with Crippen LogP contribution in [0.1, 0.15) is 39.4 Å². The fourth-order valence-corrected chi connectivity index (χ4v) is 2.69. The summed E-state index contributed by atoms with van der Waals surface area (Å²) in [6, 6.07) is 3.16. The van der Waals surface area contributed by atoms with Crippen LogP contribution < -0.4 is 10.0 Å². The minimum absolute atomic E-state index is 0.0335. The van der Waals surface area contributed by atoms with E-state index in [0.717, 1.165) is 19.4 Å². The summed E-state index contributed by atoms with van der Waals surface area (Å²) in [6.07, 6.45) is 1.77. The van der Waals surface area contributed by atoms with Gasteiger partial charge in [0.1, 0.15) is 5.76 Å². The van der Waals surface area contributed by atoms with Crippen molar-refractivity contribution in [3.8, 4) is 0 Å². The van der Waals surface area contributed by atoms with Crippen molar-refractivity contribution >= 4 is 10.0 Å². The number of unbranched alkanes of at least 4 members (excludes halogenated alkanes) is 1. The summed E-state index contributed by atoms with van der Waals surface area (Å²) in [7, 11) is -3.55. The summed E-state index contributed by atoms with van der Waals surface area (Å²) in [5.74, 6) is 0.613. The molecule has 0 aliphatic carbocycles. The summed E-state index contributed by atoms with van der Waals surface area (Å²) >= 11 is 0. The molecule has 0 radical (unpaired) electrons. The van der Waals surface area contributed by atoms with Crippen molar-refractivity contribution in [2.75, 3.05) is 19.7 Å². The van der Waals surface area contributed by atoms with Gasteiger partial charge in [-0.3, -0.25) is 0 Å². The summed E-state index contributed by atoms with van der Waals surface area (Å²) in [5.41, 5.74) is 0. The molecule has 1 aromatic heterocycles. The highest BCUT2D eigenvalue weighted by atomic mass is 32.2. The molecule has 0 aliphatic rings. The molecule has 0 aromatic carbocycles. The first-order chi connectivity index (χ1) is 9.95. The summed E-state index contributed by atoms with van der Waals surface area (Å²) in [6.45, 7) is 8.29. The zero-order valence-electron chi connectivity index (χ0n) is 13.0. The topological polar surface area (TPSA) is 80.6 Å². The first-order valence-electron chi connectivity index (χ1n) is 7.36. The van der Waals surface area contributed by atoms with Gasteiger partial charge in [-0.1, -0.05) is 6.92 Å². The SMILES string of the molecule is CCNCc1ccc(S(=O)(=O)NCCCCOC(C)C)o1. The second kappa shape index (κ2) is 9.19. The normalized spacial score (nSPS) is 12.2. The van der Waals surface area contributed by atoms with Gasteiger partial charge in [0.25, 0.3) is 10.0 Å². The van der Waals surface area contributed by atoms with Gasteiger partial charge in [0.15, 0.2) is 0 Å². The lowest BCUT2D eigenvalue weighted by Crippen LogP contribution is -2.24. The fourth-order valence-electron chi connectivity index (χ4n) is 1.67. The lowest BCUT2D eigenvalue weighted by Gasteiger charge is -2.07. The smallest absolute Gasteiger partial charge is 0.273 e. The zero-order valence-corrected chi connectivity index (χ0v) is 13.8. The minimum Gasteiger partial charge on any atom is -0.447 e. The van der Waals surface area contributed by atoms with Gasteiger partial charge in [0.2, 0.25) is 5.09 Å². The molecule has 0 fully saturated rings. The molecule has 7 heteroatoms. The third kappa shape index (κ3) is 7.08. The quantitative estimate of drug-likeness (QED) is 0.609. The van der Waals surface area contributed by atoms with Gasteiger partial charge >= 0.3 is 0 Å². The van der Waals surface area contributed by atoms with E-state index in [0.29, 0.717) is 25.5 Å². The van der Waals surface area contributed by atoms with Crippen LogP contribution in [0.25, 0.3) is 0 Å². The van der Waals surface area contributed by atoms with E-state index in [1.165, 1.54) is 6.07 Å². The van der Waals surface area contributed by atoms with Crippen molar-refractivity contribution in [2.45, 2.75) is 51.4 Å². The molecule has 21 heavy (non-hydrogen) atoms. The van der Waals surface area contributed by atoms with E-state index in [2.05, 4.69) is 10.0 Å². The van der Waals surface area contributed by atoms with Crippen molar-refractivity contribution in [1.82, 2.24) is 10.0 Å². The number of furan rings is 1. The summed E-state index contributed by atoms with van der Waals surface area (Å²) < 4.78 is 37.3. The first kappa shape index (κ1) is 18.2. The van der Waals surface area contributed by atoms with Crippen molar-refractivity contribution < 1.29 is 17.6 Å². The molecule has 0 saturated heterocycles. The molecule has 1 heterocycles. The predicted molar refractivity (Wildman–Crippen MR) is 81.6 cm³/mol. The summed E-state index contributed by atoms with van der Waals surface area (Å²) in [4.78, 5) is 0. The van der Waals surface area contributed by atoms with E-state index in [1.54, 1.807) is 6.07 Å². The Kier molecular flexibility index (Phi) is 7.95. The second-order valence-electron chi connectivity index (χ2n) is 5.03. The average Bonchev–Trinajstić information content (AvgIpc) is 2.89. The number of rotatable bonds is 11. The van der Waals surface area contributed by atoms with Crippen LogP contribution in [0.2, 0.25) is 0 Å². The Morgan fingerprint density at radius 2 is 2.05 bits per heavy atom. The monoisotopic (exact) mass is 318 g/mol. The highest BCUT2D eigenvalue weighted by molar-refractivity contribution is 7.89. The molecule has 122 valence electrons. The number of ether oxygens (including phenoxy) is 1. The highest BCUT2D eigenvalue weighted by Crippen LogP contribution is 2.13. The maximum absolute atomic E-state index is 12.0. The van der Waals surface area contributed by atoms with Crippen LogP contribution in [0.4, 0.5) is 0 Å². The van der Waals surface area contributed by atoms with E-state index in [9.17, 15) is 8.42 Å². The van der Waals surface area contributed by atoms with Crippen LogP contribution >= 0.6 is 0 Å². The van der Waals surface area contributed by atoms with Gasteiger partial charge in [-0.25, -0.2) is 13.1 Å². The number of hydrogen-bond donors (Lipinski definition) is 2. The lowest BCUT2D eigenvalue weighted by atomic mass is 10.3. The minimum atomic E-state index is -3.55. The molecule has 0 saturated carbocycles. The molecule has 1 rings (SSSR count). The largest absolute Gasteiger partial charge is 0.447 e. The number of sulfonamides is 1. The van der Waals surface area contributed by atoms with Crippen LogP contribution in [-0.4, -0.2) is 34.2 Å². The molecule has 0 bridgehead atoms. The van der Waals surface area contributed by atoms with Crippen LogP contribution in [0.3, 0.4) is 0 Å². The Bertz CT molecular complexity index is 497. The third-order valence-corrected chi connectivity index (χ3v) is 4.10. The molecule has 1 aromatic rings. The maximum Gasteiger partial charge on any atom is 0.273 e. The molecule has 2 N–H and O–H groups in total. The van der Waals surface area contributed by atoms with Crippen molar-refractivity contribution in [1.29, 1.82) is 0 Å². The van der Waals surface area contributed by atoms with E-state index >= 15 is 0 Å². The number of hydrogen-bond acceptors (Lipinski definition) is 5. The van der Waals surface area contributed by atoms with Gasteiger partial charge in [-0.2, -0.15) is 0 Å². The van der Waals surface area contributed by atoms with E-state index in [4.69, 9.17) is 9.15 Å². The number of nitrogens with one attached hydrogen (secondary N) is 2. The van der Waals surface area contributed by atoms with E-state index < -0.39 is 10.0 Å². The molecular formula is C14H26N2O4S.